The highest BCUT2D eigenvalue weighted by Crippen LogP contribution is 2.10. The van der Waals surface area contributed by atoms with Crippen molar-refractivity contribution in [2.24, 2.45) is 5.73 Å². The van der Waals surface area contributed by atoms with Crippen LogP contribution in [-0.4, -0.2) is 74.2 Å². The second-order valence-electron chi connectivity index (χ2n) is 5.02. The number of nitrogens with two attached hydrogens (primary N) is 1. The lowest BCUT2D eigenvalue weighted by molar-refractivity contribution is -0.0566. The smallest absolute Gasteiger partial charge is 0.251 e. The molecule has 1 unspecified atom stereocenters. The number of alkyl halides is 2. The molecule has 0 saturated carbocycles. The van der Waals surface area contributed by atoms with E-state index in [9.17, 15) is 8.78 Å². The van der Waals surface area contributed by atoms with Crippen molar-refractivity contribution in [2.75, 3.05) is 45.9 Å². The van der Waals surface area contributed by atoms with Crippen LogP contribution in [0.15, 0.2) is 0 Å². The van der Waals surface area contributed by atoms with Crippen molar-refractivity contribution in [2.45, 2.75) is 32.4 Å². The summed E-state index contributed by atoms with van der Waals surface area (Å²) in [5, 5.41) is 0. The molecule has 0 aromatic heterocycles. The number of hydrogen-bond acceptors (Lipinski definition) is 4. The number of ether oxygens (including phenoxy) is 1. The summed E-state index contributed by atoms with van der Waals surface area (Å²) in [5.41, 5.74) is 5.45. The first kappa shape index (κ1) is 15.8. The van der Waals surface area contributed by atoms with Gasteiger partial charge in [-0.2, -0.15) is 0 Å². The molecule has 108 valence electrons. The van der Waals surface area contributed by atoms with Crippen LogP contribution in [0.5, 0.6) is 0 Å². The van der Waals surface area contributed by atoms with Crippen LogP contribution >= 0.6 is 0 Å². The molecule has 0 aliphatic carbocycles. The second-order valence-corrected chi connectivity index (χ2v) is 5.02. The molecule has 1 heterocycles. The van der Waals surface area contributed by atoms with Crippen molar-refractivity contribution in [3.63, 3.8) is 0 Å². The summed E-state index contributed by atoms with van der Waals surface area (Å²) in [6.07, 6.45) is -2.31. The van der Waals surface area contributed by atoms with Crippen LogP contribution in [0.3, 0.4) is 0 Å². The zero-order valence-electron chi connectivity index (χ0n) is 11.3. The van der Waals surface area contributed by atoms with Crippen LogP contribution in [0.25, 0.3) is 0 Å². The molecule has 0 amide bonds. The average molecular weight is 265 g/mol. The molecule has 0 radical (unpaired) electrons. The van der Waals surface area contributed by atoms with Crippen molar-refractivity contribution in [1.82, 2.24) is 9.80 Å². The van der Waals surface area contributed by atoms with Gasteiger partial charge in [0.25, 0.3) is 6.43 Å². The van der Waals surface area contributed by atoms with Crippen LogP contribution in [-0.2, 0) is 4.74 Å². The molecule has 0 aromatic carbocycles. The largest absolute Gasteiger partial charge is 0.374 e. The minimum Gasteiger partial charge on any atom is -0.374 e. The normalized spacial score (nSPS) is 22.3. The van der Waals surface area contributed by atoms with E-state index in [1.54, 1.807) is 4.90 Å². The van der Waals surface area contributed by atoms with E-state index in [0.717, 1.165) is 13.1 Å². The van der Waals surface area contributed by atoms with Gasteiger partial charge in [-0.25, -0.2) is 8.78 Å². The summed E-state index contributed by atoms with van der Waals surface area (Å²) in [5.74, 6) is 0. The SMILES string of the molecule is CC(C)N1CCOC(CN(CCN)CC(F)F)C1. The molecular formula is C12H25F2N3O. The second kappa shape index (κ2) is 7.99. The molecule has 6 heteroatoms. The van der Waals surface area contributed by atoms with Crippen molar-refractivity contribution in [3.8, 4) is 0 Å². The third-order valence-corrected chi connectivity index (χ3v) is 3.20. The quantitative estimate of drug-likeness (QED) is 0.733. The van der Waals surface area contributed by atoms with Crippen LogP contribution in [0.1, 0.15) is 13.8 Å². The molecule has 2 N–H and O–H groups in total. The van der Waals surface area contributed by atoms with Gasteiger partial charge in [0, 0.05) is 38.8 Å². The molecule has 1 rings (SSSR count). The monoisotopic (exact) mass is 265 g/mol. The average Bonchev–Trinajstić information content (AvgIpc) is 2.28. The first-order valence-electron chi connectivity index (χ1n) is 6.59. The number of rotatable bonds is 7. The van der Waals surface area contributed by atoms with Gasteiger partial charge < -0.3 is 10.5 Å². The van der Waals surface area contributed by atoms with Gasteiger partial charge in [0.05, 0.1) is 19.3 Å². The van der Waals surface area contributed by atoms with Crippen LogP contribution in [0.4, 0.5) is 8.78 Å². The highest BCUT2D eigenvalue weighted by Gasteiger charge is 2.24. The Labute approximate surface area is 108 Å². The lowest BCUT2D eigenvalue weighted by Crippen LogP contribution is -2.50. The minimum absolute atomic E-state index is 0.00597. The molecule has 0 bridgehead atoms. The van der Waals surface area contributed by atoms with E-state index < -0.39 is 6.43 Å². The minimum atomic E-state index is -2.32. The predicted molar refractivity (Wildman–Crippen MR) is 67.9 cm³/mol. The first-order chi connectivity index (χ1) is 8.52. The van der Waals surface area contributed by atoms with Crippen molar-refractivity contribution in [3.05, 3.63) is 0 Å². The maximum atomic E-state index is 12.4. The first-order valence-corrected chi connectivity index (χ1v) is 6.59. The van der Waals surface area contributed by atoms with E-state index in [-0.39, 0.29) is 12.6 Å². The van der Waals surface area contributed by atoms with E-state index in [2.05, 4.69) is 18.7 Å². The predicted octanol–water partition coefficient (Wildman–Crippen LogP) is 0.621. The highest BCUT2D eigenvalue weighted by molar-refractivity contribution is 4.77. The van der Waals surface area contributed by atoms with Gasteiger partial charge in [-0.3, -0.25) is 9.80 Å². The van der Waals surface area contributed by atoms with E-state index in [1.165, 1.54) is 0 Å². The number of morpholine rings is 1. The van der Waals surface area contributed by atoms with Crippen LogP contribution < -0.4 is 5.73 Å². The van der Waals surface area contributed by atoms with Gasteiger partial charge in [-0.05, 0) is 13.8 Å². The Bertz CT molecular complexity index is 229. The summed E-state index contributed by atoms with van der Waals surface area (Å²) in [7, 11) is 0. The molecule has 1 aliphatic heterocycles. The van der Waals surface area contributed by atoms with Gasteiger partial charge in [-0.1, -0.05) is 0 Å². The van der Waals surface area contributed by atoms with Gasteiger partial charge in [0.15, 0.2) is 0 Å². The Balaban J connectivity index is 2.42. The molecule has 4 nitrogen and oxygen atoms in total. The Kier molecular flexibility index (Phi) is 6.99. The highest BCUT2D eigenvalue weighted by atomic mass is 19.3. The Hall–Kier alpha value is -0.300. The molecule has 1 fully saturated rings. The summed E-state index contributed by atoms with van der Waals surface area (Å²) in [4.78, 5) is 4.01. The number of nitrogens with zero attached hydrogens (tertiary/aromatic N) is 2. The van der Waals surface area contributed by atoms with E-state index >= 15 is 0 Å². The van der Waals surface area contributed by atoms with Crippen molar-refractivity contribution in [1.29, 1.82) is 0 Å². The summed E-state index contributed by atoms with van der Waals surface area (Å²) < 4.78 is 30.5. The molecule has 18 heavy (non-hydrogen) atoms. The molecule has 1 atom stereocenters. The maximum absolute atomic E-state index is 12.4. The standard InChI is InChI=1S/C12H25F2N3O/c1-10(2)17-5-6-18-11(8-17)7-16(4-3-15)9-12(13)14/h10-12H,3-9,15H2,1-2H3. The topological polar surface area (TPSA) is 41.7 Å². The molecule has 1 saturated heterocycles. The van der Waals surface area contributed by atoms with E-state index in [4.69, 9.17) is 10.5 Å². The third-order valence-electron chi connectivity index (χ3n) is 3.20. The summed E-state index contributed by atoms with van der Waals surface area (Å²) >= 11 is 0. The third kappa shape index (κ3) is 5.56. The van der Waals surface area contributed by atoms with Crippen LogP contribution in [0, 0.1) is 0 Å². The lowest BCUT2D eigenvalue weighted by Gasteiger charge is -2.37. The molecular weight excluding hydrogens is 240 g/mol. The van der Waals surface area contributed by atoms with Crippen LogP contribution in [0.2, 0.25) is 0 Å². The van der Waals surface area contributed by atoms with Gasteiger partial charge in [0.2, 0.25) is 0 Å². The Morgan fingerprint density at radius 1 is 1.44 bits per heavy atom. The fourth-order valence-electron chi connectivity index (χ4n) is 2.24. The number of halogens is 2. The molecule has 0 aromatic rings. The zero-order valence-corrected chi connectivity index (χ0v) is 11.3. The Morgan fingerprint density at radius 3 is 2.72 bits per heavy atom. The Morgan fingerprint density at radius 2 is 2.17 bits per heavy atom. The molecule has 1 aliphatic rings. The fraction of sp³-hybridized carbons (Fsp3) is 1.00. The van der Waals surface area contributed by atoms with E-state index in [1.807, 2.05) is 0 Å². The fourth-order valence-corrected chi connectivity index (χ4v) is 2.24. The van der Waals surface area contributed by atoms with Crippen molar-refractivity contribution >= 4 is 0 Å². The number of hydrogen-bond donors (Lipinski definition) is 1. The summed E-state index contributed by atoms with van der Waals surface area (Å²) in [6, 6.07) is 0.467. The summed E-state index contributed by atoms with van der Waals surface area (Å²) in [6.45, 7) is 7.87. The van der Waals surface area contributed by atoms with Gasteiger partial charge in [-0.15, -0.1) is 0 Å². The van der Waals surface area contributed by atoms with E-state index in [0.29, 0.717) is 32.3 Å². The molecule has 0 spiro atoms. The maximum Gasteiger partial charge on any atom is 0.251 e. The van der Waals surface area contributed by atoms with Gasteiger partial charge >= 0.3 is 0 Å². The van der Waals surface area contributed by atoms with Crippen molar-refractivity contribution < 1.29 is 13.5 Å². The van der Waals surface area contributed by atoms with Gasteiger partial charge in [0.1, 0.15) is 0 Å². The zero-order chi connectivity index (χ0) is 13.5. The lowest BCUT2D eigenvalue weighted by atomic mass is 10.2.